The summed E-state index contributed by atoms with van der Waals surface area (Å²) in [4.78, 5) is 22.9. The predicted octanol–water partition coefficient (Wildman–Crippen LogP) is 3.54. The van der Waals surface area contributed by atoms with Gasteiger partial charge < -0.3 is 10.1 Å². The van der Waals surface area contributed by atoms with Crippen LogP contribution in [-0.4, -0.2) is 26.0 Å². The number of aromatic amines is 1. The van der Waals surface area contributed by atoms with E-state index in [0.717, 1.165) is 10.9 Å². The summed E-state index contributed by atoms with van der Waals surface area (Å²) >= 11 is 1.63. The lowest BCUT2D eigenvalue weighted by molar-refractivity contribution is 0.0699. The number of imidazole rings is 1. The van der Waals surface area contributed by atoms with Gasteiger partial charge in [-0.05, 0) is 12.1 Å². The van der Waals surface area contributed by atoms with E-state index in [2.05, 4.69) is 15.0 Å². The standard InChI is InChI=1S/C15H9N3O2S/c19-15(20)9-5-6-16-14-12(9)17-13(18-14)10-7-21-11-4-2-1-3-8(10)11/h1-7H,(H,19,20)(H,16,17,18). The highest BCUT2D eigenvalue weighted by atomic mass is 32.1. The van der Waals surface area contributed by atoms with Crippen molar-refractivity contribution in [3.8, 4) is 11.4 Å². The van der Waals surface area contributed by atoms with Crippen LogP contribution in [0.3, 0.4) is 0 Å². The number of nitrogens with one attached hydrogen (secondary N) is 1. The number of nitrogens with zero attached hydrogens (tertiary/aromatic N) is 2. The Hall–Kier alpha value is -2.73. The smallest absolute Gasteiger partial charge is 0.338 e. The lowest BCUT2D eigenvalue weighted by Gasteiger charge is -1.94. The van der Waals surface area contributed by atoms with Crippen molar-refractivity contribution in [1.29, 1.82) is 0 Å². The molecule has 2 N–H and O–H groups in total. The summed E-state index contributed by atoms with van der Waals surface area (Å²) in [7, 11) is 0. The Morgan fingerprint density at radius 1 is 1.24 bits per heavy atom. The van der Waals surface area contributed by atoms with E-state index in [0.29, 0.717) is 17.0 Å². The number of aromatic carboxylic acids is 1. The van der Waals surface area contributed by atoms with Crippen LogP contribution in [0.4, 0.5) is 0 Å². The topological polar surface area (TPSA) is 78.9 Å². The predicted molar refractivity (Wildman–Crippen MR) is 81.7 cm³/mol. The van der Waals surface area contributed by atoms with Crippen molar-refractivity contribution in [2.24, 2.45) is 0 Å². The second kappa shape index (κ2) is 4.39. The molecule has 102 valence electrons. The third-order valence-corrected chi connectivity index (χ3v) is 4.32. The van der Waals surface area contributed by atoms with Crippen molar-refractivity contribution in [1.82, 2.24) is 15.0 Å². The fraction of sp³-hybridized carbons (Fsp3) is 0. The molecule has 4 aromatic rings. The van der Waals surface area contributed by atoms with Gasteiger partial charge in [-0.2, -0.15) is 0 Å². The molecule has 1 aromatic carbocycles. The number of H-pyrrole nitrogens is 1. The summed E-state index contributed by atoms with van der Waals surface area (Å²) in [5.41, 5.74) is 2.01. The van der Waals surface area contributed by atoms with E-state index in [4.69, 9.17) is 0 Å². The largest absolute Gasteiger partial charge is 0.478 e. The Morgan fingerprint density at radius 2 is 2.10 bits per heavy atom. The molecular weight excluding hydrogens is 286 g/mol. The van der Waals surface area contributed by atoms with Crippen LogP contribution in [-0.2, 0) is 0 Å². The first-order valence-corrected chi connectivity index (χ1v) is 7.16. The van der Waals surface area contributed by atoms with Crippen molar-refractivity contribution >= 4 is 38.6 Å². The first kappa shape index (κ1) is 12.0. The number of benzene rings is 1. The molecular formula is C15H9N3O2S. The second-order valence-corrected chi connectivity index (χ2v) is 5.50. The van der Waals surface area contributed by atoms with Gasteiger partial charge in [0.25, 0.3) is 0 Å². The highest BCUT2D eigenvalue weighted by Gasteiger charge is 2.15. The van der Waals surface area contributed by atoms with Crippen LogP contribution in [0.1, 0.15) is 10.4 Å². The molecule has 0 saturated heterocycles. The number of rotatable bonds is 2. The zero-order chi connectivity index (χ0) is 14.4. The summed E-state index contributed by atoms with van der Waals surface area (Å²) in [5.74, 6) is -0.351. The molecule has 21 heavy (non-hydrogen) atoms. The van der Waals surface area contributed by atoms with Crippen molar-refractivity contribution in [2.75, 3.05) is 0 Å². The van der Waals surface area contributed by atoms with Crippen molar-refractivity contribution < 1.29 is 9.90 Å². The van der Waals surface area contributed by atoms with Crippen LogP contribution < -0.4 is 0 Å². The third kappa shape index (κ3) is 1.80. The quantitative estimate of drug-likeness (QED) is 0.593. The van der Waals surface area contributed by atoms with Gasteiger partial charge in [0.2, 0.25) is 0 Å². The van der Waals surface area contributed by atoms with E-state index < -0.39 is 5.97 Å². The summed E-state index contributed by atoms with van der Waals surface area (Å²) in [6, 6.07) is 9.51. The van der Waals surface area contributed by atoms with Crippen LogP contribution in [0.25, 0.3) is 32.6 Å². The van der Waals surface area contributed by atoms with E-state index in [1.165, 1.54) is 17.0 Å². The molecule has 3 heterocycles. The van der Waals surface area contributed by atoms with Gasteiger partial charge in [0.05, 0.1) is 11.1 Å². The first-order valence-electron chi connectivity index (χ1n) is 6.28. The normalized spacial score (nSPS) is 11.2. The number of hydrogen-bond donors (Lipinski definition) is 2. The monoisotopic (exact) mass is 295 g/mol. The Labute approximate surface area is 122 Å². The number of fused-ring (bicyclic) bond motifs is 2. The van der Waals surface area contributed by atoms with E-state index >= 15 is 0 Å². The molecule has 0 fully saturated rings. The lowest BCUT2D eigenvalue weighted by Crippen LogP contribution is -1.97. The maximum Gasteiger partial charge on any atom is 0.338 e. The van der Waals surface area contributed by atoms with E-state index in [1.54, 1.807) is 11.3 Å². The zero-order valence-electron chi connectivity index (χ0n) is 10.7. The molecule has 3 aromatic heterocycles. The minimum atomic E-state index is -0.993. The average Bonchev–Trinajstić information content (AvgIpc) is 3.09. The van der Waals surface area contributed by atoms with Crippen LogP contribution in [0.15, 0.2) is 41.9 Å². The van der Waals surface area contributed by atoms with Gasteiger partial charge >= 0.3 is 5.97 Å². The Bertz CT molecular complexity index is 987. The molecule has 5 nitrogen and oxygen atoms in total. The van der Waals surface area contributed by atoms with Crippen molar-refractivity contribution in [2.45, 2.75) is 0 Å². The van der Waals surface area contributed by atoms with Crippen LogP contribution in [0, 0.1) is 0 Å². The number of carbonyl (C=O) groups is 1. The van der Waals surface area contributed by atoms with Crippen molar-refractivity contribution in [3.63, 3.8) is 0 Å². The maximum atomic E-state index is 11.2. The number of aromatic nitrogens is 3. The number of pyridine rings is 1. The van der Waals surface area contributed by atoms with Crippen LogP contribution in [0.2, 0.25) is 0 Å². The van der Waals surface area contributed by atoms with Gasteiger partial charge in [0.15, 0.2) is 5.65 Å². The summed E-state index contributed by atoms with van der Waals surface area (Å²) < 4.78 is 1.17. The Morgan fingerprint density at radius 3 is 2.95 bits per heavy atom. The molecule has 0 spiro atoms. The SMILES string of the molecule is O=C(O)c1ccnc2nc(-c3csc4ccccc34)[nH]c12. The number of carboxylic acid groups (broad SMARTS) is 1. The fourth-order valence-electron chi connectivity index (χ4n) is 2.38. The zero-order valence-corrected chi connectivity index (χ0v) is 11.5. The highest BCUT2D eigenvalue weighted by molar-refractivity contribution is 7.17. The molecule has 0 bridgehead atoms. The van der Waals surface area contributed by atoms with Gasteiger partial charge in [0, 0.05) is 27.2 Å². The lowest BCUT2D eigenvalue weighted by atomic mass is 10.2. The molecule has 0 aliphatic heterocycles. The van der Waals surface area contributed by atoms with Gasteiger partial charge in [0.1, 0.15) is 5.82 Å². The summed E-state index contributed by atoms with van der Waals surface area (Å²) in [5, 5.41) is 12.3. The first-order chi connectivity index (χ1) is 10.2. The molecule has 0 atom stereocenters. The second-order valence-electron chi connectivity index (χ2n) is 4.59. The molecule has 0 amide bonds. The van der Waals surface area contributed by atoms with Crippen LogP contribution in [0.5, 0.6) is 0 Å². The molecule has 0 aliphatic rings. The molecule has 0 aliphatic carbocycles. The minimum absolute atomic E-state index is 0.179. The van der Waals surface area contributed by atoms with Gasteiger partial charge in [-0.15, -0.1) is 11.3 Å². The minimum Gasteiger partial charge on any atom is -0.478 e. The summed E-state index contributed by atoms with van der Waals surface area (Å²) in [6.07, 6.45) is 1.46. The molecule has 6 heteroatoms. The van der Waals surface area contributed by atoms with E-state index in [1.807, 2.05) is 29.6 Å². The fourth-order valence-corrected chi connectivity index (χ4v) is 3.32. The average molecular weight is 295 g/mol. The molecule has 0 radical (unpaired) electrons. The number of carboxylic acids is 1. The van der Waals surface area contributed by atoms with Crippen molar-refractivity contribution in [3.05, 3.63) is 47.5 Å². The van der Waals surface area contributed by atoms with Gasteiger partial charge in [-0.25, -0.2) is 14.8 Å². The van der Waals surface area contributed by atoms with E-state index in [9.17, 15) is 9.90 Å². The highest BCUT2D eigenvalue weighted by Crippen LogP contribution is 2.33. The molecule has 0 unspecified atom stereocenters. The number of hydrogen-bond acceptors (Lipinski definition) is 4. The van der Waals surface area contributed by atoms with Gasteiger partial charge in [-0.3, -0.25) is 0 Å². The van der Waals surface area contributed by atoms with E-state index in [-0.39, 0.29) is 5.56 Å². The third-order valence-electron chi connectivity index (χ3n) is 3.36. The van der Waals surface area contributed by atoms with Gasteiger partial charge in [-0.1, -0.05) is 18.2 Å². The van der Waals surface area contributed by atoms with Crippen LogP contribution >= 0.6 is 11.3 Å². The summed E-state index contributed by atoms with van der Waals surface area (Å²) in [6.45, 7) is 0. The molecule has 0 saturated carbocycles. The maximum absolute atomic E-state index is 11.2. The molecule has 4 rings (SSSR count). The Balaban J connectivity index is 1.99. The number of thiophene rings is 1. The Kier molecular flexibility index (Phi) is 2.52.